The number of rotatable bonds is 11. The number of urea groups is 1. The second kappa shape index (κ2) is 14.5. The van der Waals surface area contributed by atoms with E-state index in [-0.39, 0.29) is 18.8 Å². The lowest BCUT2D eigenvalue weighted by molar-refractivity contribution is -0.0944. The van der Waals surface area contributed by atoms with E-state index in [4.69, 9.17) is 18.9 Å². The number of ether oxygens (including phenoxy) is 4. The van der Waals surface area contributed by atoms with Crippen LogP contribution in [0.25, 0.3) is 0 Å². The van der Waals surface area contributed by atoms with Crippen molar-refractivity contribution in [1.82, 2.24) is 9.55 Å². The molecule has 2 heterocycles. The molecule has 2 amide bonds. The highest BCUT2D eigenvalue weighted by Crippen LogP contribution is 2.42. The third-order valence-electron chi connectivity index (χ3n) is 8.26. The van der Waals surface area contributed by atoms with Gasteiger partial charge in [0.25, 0.3) is 0 Å². The Morgan fingerprint density at radius 3 is 1.96 bits per heavy atom. The van der Waals surface area contributed by atoms with Gasteiger partial charge in [0.2, 0.25) is 0 Å². The largest absolute Gasteiger partial charge is 0.497 e. The number of amides is 2. The molecule has 246 valence electrons. The van der Waals surface area contributed by atoms with Crippen molar-refractivity contribution in [3.63, 3.8) is 0 Å². The molecule has 0 saturated carbocycles. The van der Waals surface area contributed by atoms with E-state index >= 15 is 0 Å². The first-order chi connectivity index (χ1) is 23.4. The van der Waals surface area contributed by atoms with Gasteiger partial charge in [-0.15, -0.1) is 0 Å². The fourth-order valence-electron chi connectivity index (χ4n) is 5.82. The van der Waals surface area contributed by atoms with Crippen LogP contribution in [0.1, 0.15) is 29.3 Å². The molecule has 3 atom stereocenters. The zero-order valence-electron chi connectivity index (χ0n) is 26.5. The normalized spacial score (nSPS) is 17.4. The number of anilines is 2. The van der Waals surface area contributed by atoms with Crippen molar-refractivity contribution in [2.75, 3.05) is 31.5 Å². The molecular weight excluding hydrogens is 612 g/mol. The third-order valence-corrected chi connectivity index (χ3v) is 8.26. The van der Waals surface area contributed by atoms with Gasteiger partial charge < -0.3 is 29.4 Å². The Labute approximate surface area is 277 Å². The van der Waals surface area contributed by atoms with Gasteiger partial charge in [-0.3, -0.25) is 9.88 Å². The van der Waals surface area contributed by atoms with E-state index < -0.39 is 35.8 Å². The van der Waals surface area contributed by atoms with Crippen LogP contribution in [0.2, 0.25) is 0 Å². The van der Waals surface area contributed by atoms with Crippen LogP contribution in [0.5, 0.6) is 11.5 Å². The van der Waals surface area contributed by atoms with E-state index in [2.05, 4.69) is 15.6 Å². The van der Waals surface area contributed by atoms with E-state index in [1.54, 1.807) is 38.5 Å². The van der Waals surface area contributed by atoms with Gasteiger partial charge in [0.15, 0.2) is 0 Å². The standard InChI is InChI=1S/C37H36N4O7/c1-45-29-17-13-26(14-18-29)37(25-9-5-3-6-10-25,27-15-19-30(46-2)20-16-27)47-24-32-31(42)23-34(48-32)41-22-21-33(40-36(41)44)39-35(43)38-28-11-7-4-8-12-28/h3-22,31-32,34,42H,23-24H2,1-2H3,(H2,38,39,40,43,44)/t31-,32-,34-/m1/s1. The predicted molar refractivity (Wildman–Crippen MR) is 180 cm³/mol. The maximum atomic E-state index is 13.0. The minimum absolute atomic E-state index is 0.00784. The van der Waals surface area contributed by atoms with Gasteiger partial charge in [0.05, 0.1) is 26.9 Å². The van der Waals surface area contributed by atoms with Crippen molar-refractivity contribution in [3.05, 3.63) is 149 Å². The molecule has 48 heavy (non-hydrogen) atoms. The molecule has 1 aliphatic rings. The monoisotopic (exact) mass is 648 g/mol. The average Bonchev–Trinajstić information content (AvgIpc) is 3.49. The summed E-state index contributed by atoms with van der Waals surface area (Å²) in [4.78, 5) is 29.4. The van der Waals surface area contributed by atoms with Crippen LogP contribution in [0.15, 0.2) is 126 Å². The Morgan fingerprint density at radius 1 is 0.833 bits per heavy atom. The molecule has 3 N–H and O–H groups in total. The zero-order chi connectivity index (χ0) is 33.5. The smallest absolute Gasteiger partial charge is 0.351 e. The number of hydrogen-bond acceptors (Lipinski definition) is 8. The number of nitrogens with zero attached hydrogens (tertiary/aromatic N) is 2. The summed E-state index contributed by atoms with van der Waals surface area (Å²) in [6, 6.07) is 35.0. The van der Waals surface area contributed by atoms with Gasteiger partial charge in [-0.25, -0.2) is 9.59 Å². The quantitative estimate of drug-likeness (QED) is 0.159. The summed E-state index contributed by atoms with van der Waals surface area (Å²) in [5, 5.41) is 16.4. The Morgan fingerprint density at radius 2 is 1.40 bits per heavy atom. The number of aliphatic hydroxyl groups excluding tert-OH is 1. The van der Waals surface area contributed by atoms with E-state index in [0.717, 1.165) is 16.7 Å². The van der Waals surface area contributed by atoms with Crippen molar-refractivity contribution in [3.8, 4) is 11.5 Å². The second-order valence-corrected chi connectivity index (χ2v) is 11.2. The summed E-state index contributed by atoms with van der Waals surface area (Å²) >= 11 is 0. The molecule has 0 unspecified atom stereocenters. The Balaban J connectivity index is 1.24. The van der Waals surface area contributed by atoms with E-state index in [0.29, 0.717) is 17.2 Å². The summed E-state index contributed by atoms with van der Waals surface area (Å²) in [6.45, 7) is -0.00784. The number of benzene rings is 4. The first-order valence-electron chi connectivity index (χ1n) is 15.4. The molecule has 6 rings (SSSR count). The van der Waals surface area contributed by atoms with Gasteiger partial charge in [-0.1, -0.05) is 72.8 Å². The first kappa shape index (κ1) is 32.5. The minimum atomic E-state index is -1.10. The Kier molecular flexibility index (Phi) is 9.81. The van der Waals surface area contributed by atoms with Crippen molar-refractivity contribution >= 4 is 17.5 Å². The highest BCUT2D eigenvalue weighted by Gasteiger charge is 2.42. The maximum absolute atomic E-state index is 13.0. The molecule has 1 aromatic heterocycles. The van der Waals surface area contributed by atoms with E-state index in [1.165, 1.54) is 16.8 Å². The predicted octanol–water partition coefficient (Wildman–Crippen LogP) is 5.56. The van der Waals surface area contributed by atoms with Crippen molar-refractivity contribution < 1.29 is 28.8 Å². The third kappa shape index (κ3) is 6.93. The second-order valence-electron chi connectivity index (χ2n) is 11.2. The number of methoxy groups -OCH3 is 2. The number of nitrogens with one attached hydrogen (secondary N) is 2. The molecule has 4 aromatic carbocycles. The van der Waals surface area contributed by atoms with Crippen LogP contribution in [0.4, 0.5) is 16.3 Å². The van der Waals surface area contributed by atoms with Gasteiger partial charge >= 0.3 is 11.7 Å². The first-order valence-corrected chi connectivity index (χ1v) is 15.4. The fourth-order valence-corrected chi connectivity index (χ4v) is 5.82. The SMILES string of the molecule is COc1ccc(C(OC[C@H]2O[C@@H](n3ccc(NC(=O)Nc4ccccc4)nc3=O)C[C@H]2O)(c2ccccc2)c2ccc(OC)cc2)cc1. The topological polar surface area (TPSA) is 133 Å². The Bertz CT molecular complexity index is 1820. The van der Waals surface area contributed by atoms with Crippen molar-refractivity contribution in [2.45, 2.75) is 30.5 Å². The number of carbonyl (C=O) groups is 1. The molecular formula is C37H36N4O7. The number of aromatic nitrogens is 2. The summed E-state index contributed by atoms with van der Waals surface area (Å²) in [7, 11) is 3.23. The molecule has 0 spiro atoms. The van der Waals surface area contributed by atoms with Crippen LogP contribution in [0, 0.1) is 0 Å². The average molecular weight is 649 g/mol. The molecule has 11 nitrogen and oxygen atoms in total. The van der Waals surface area contributed by atoms with Crippen LogP contribution in [-0.4, -0.2) is 53.7 Å². The van der Waals surface area contributed by atoms with Crippen LogP contribution in [0.3, 0.4) is 0 Å². The van der Waals surface area contributed by atoms with Gasteiger partial charge in [-0.2, -0.15) is 4.98 Å². The number of para-hydroxylation sites is 1. The molecule has 1 aliphatic heterocycles. The fraction of sp³-hybridized carbons (Fsp3) is 0.216. The number of carbonyl (C=O) groups excluding carboxylic acids is 1. The summed E-state index contributed by atoms with van der Waals surface area (Å²) in [5.41, 5.74) is 1.39. The lowest BCUT2D eigenvalue weighted by atomic mass is 9.80. The summed E-state index contributed by atoms with van der Waals surface area (Å²) in [6.07, 6.45) is -0.876. The molecule has 5 aromatic rings. The minimum Gasteiger partial charge on any atom is -0.497 e. The number of hydrogen-bond donors (Lipinski definition) is 3. The Hall–Kier alpha value is -5.49. The maximum Gasteiger partial charge on any atom is 0.351 e. The lowest BCUT2D eigenvalue weighted by Crippen LogP contribution is -2.38. The van der Waals surface area contributed by atoms with Gasteiger partial charge in [-0.05, 0) is 59.2 Å². The van der Waals surface area contributed by atoms with Gasteiger partial charge in [0.1, 0.15) is 35.2 Å². The van der Waals surface area contributed by atoms with Crippen molar-refractivity contribution in [1.29, 1.82) is 0 Å². The van der Waals surface area contributed by atoms with Crippen LogP contribution < -0.4 is 25.8 Å². The van der Waals surface area contributed by atoms with Crippen LogP contribution in [-0.2, 0) is 15.1 Å². The van der Waals surface area contributed by atoms with Crippen molar-refractivity contribution in [2.24, 2.45) is 0 Å². The zero-order valence-corrected chi connectivity index (χ0v) is 26.5. The van der Waals surface area contributed by atoms with E-state index in [9.17, 15) is 14.7 Å². The molecule has 1 saturated heterocycles. The lowest BCUT2D eigenvalue weighted by Gasteiger charge is -2.37. The summed E-state index contributed by atoms with van der Waals surface area (Å²) in [5.74, 6) is 1.48. The van der Waals surface area contributed by atoms with Crippen LogP contribution >= 0.6 is 0 Å². The molecule has 0 aliphatic carbocycles. The molecule has 0 bridgehead atoms. The highest BCUT2D eigenvalue weighted by molar-refractivity contribution is 5.99. The number of aliphatic hydroxyl groups is 1. The molecule has 11 heteroatoms. The van der Waals surface area contributed by atoms with Gasteiger partial charge in [0, 0.05) is 18.3 Å². The van der Waals surface area contributed by atoms with E-state index in [1.807, 2.05) is 84.9 Å². The summed E-state index contributed by atoms with van der Waals surface area (Å²) < 4.78 is 25.3. The highest BCUT2D eigenvalue weighted by atomic mass is 16.6. The molecule has 0 radical (unpaired) electrons. The molecule has 1 fully saturated rings.